The van der Waals surface area contributed by atoms with Crippen LogP contribution in [0.1, 0.15) is 55.4 Å². The van der Waals surface area contributed by atoms with Gasteiger partial charge in [-0.25, -0.2) is 4.39 Å². The maximum Gasteiger partial charge on any atom is 0.306 e. The summed E-state index contributed by atoms with van der Waals surface area (Å²) in [6, 6.07) is 12.0. The minimum atomic E-state index is -0.349. The van der Waals surface area contributed by atoms with E-state index in [0.29, 0.717) is 18.7 Å². The quantitative estimate of drug-likeness (QED) is 0.553. The summed E-state index contributed by atoms with van der Waals surface area (Å²) in [5, 5.41) is 0. The molecule has 2 unspecified atom stereocenters. The Labute approximate surface area is 154 Å². The lowest BCUT2D eigenvalue weighted by Crippen LogP contribution is -2.11. The molecule has 0 aliphatic carbocycles. The second kappa shape index (κ2) is 9.34. The van der Waals surface area contributed by atoms with E-state index in [9.17, 15) is 9.18 Å². The summed E-state index contributed by atoms with van der Waals surface area (Å²) in [6.45, 7) is 4.44. The summed E-state index contributed by atoms with van der Waals surface area (Å²) in [7, 11) is 1.39. The Hall–Kier alpha value is -2.40. The van der Waals surface area contributed by atoms with Crippen LogP contribution in [-0.4, -0.2) is 19.7 Å². The van der Waals surface area contributed by atoms with Gasteiger partial charge in [-0.2, -0.15) is 0 Å². The van der Waals surface area contributed by atoms with E-state index in [1.807, 2.05) is 32.0 Å². The Morgan fingerprint density at radius 2 is 1.73 bits per heavy atom. The summed E-state index contributed by atoms with van der Waals surface area (Å²) in [6.07, 6.45) is 0.734. The molecule has 0 aliphatic rings. The smallest absolute Gasteiger partial charge is 0.306 e. The summed E-state index contributed by atoms with van der Waals surface area (Å²) in [4.78, 5) is 11.7. The molecule has 2 N–H and O–H groups in total. The lowest BCUT2D eigenvalue weighted by Gasteiger charge is -2.22. The third kappa shape index (κ3) is 5.05. The lowest BCUT2D eigenvalue weighted by molar-refractivity contribution is -0.141. The normalized spacial score (nSPS) is 13.2. The van der Waals surface area contributed by atoms with Gasteiger partial charge in [0, 0.05) is 12.3 Å². The van der Waals surface area contributed by atoms with Gasteiger partial charge >= 0.3 is 5.97 Å². The molecule has 5 heteroatoms. The van der Waals surface area contributed by atoms with Gasteiger partial charge < -0.3 is 15.2 Å². The first kappa shape index (κ1) is 19.9. The molecule has 2 atom stereocenters. The third-order valence-corrected chi connectivity index (χ3v) is 4.41. The average Bonchev–Trinajstić information content (AvgIpc) is 2.64. The fourth-order valence-electron chi connectivity index (χ4n) is 3.06. The van der Waals surface area contributed by atoms with Crippen molar-refractivity contribution < 1.29 is 18.7 Å². The van der Waals surface area contributed by atoms with Crippen LogP contribution >= 0.6 is 0 Å². The summed E-state index contributed by atoms with van der Waals surface area (Å²) in [5.74, 6) is -0.526. The van der Waals surface area contributed by atoms with Crippen LogP contribution in [0.2, 0.25) is 0 Å². The zero-order valence-corrected chi connectivity index (χ0v) is 15.5. The number of rotatable bonds is 8. The number of anilines is 1. The molecule has 0 bridgehead atoms. The molecule has 0 aromatic heterocycles. The van der Waals surface area contributed by atoms with Gasteiger partial charge in [0.05, 0.1) is 13.5 Å². The van der Waals surface area contributed by atoms with Crippen molar-refractivity contribution in [1.29, 1.82) is 0 Å². The number of carbonyl (C=O) groups is 1. The highest BCUT2D eigenvalue weighted by molar-refractivity contribution is 5.70. The van der Waals surface area contributed by atoms with Crippen LogP contribution in [-0.2, 0) is 14.3 Å². The molecular weight excluding hydrogens is 333 g/mol. The predicted molar refractivity (Wildman–Crippen MR) is 100 cm³/mol. The van der Waals surface area contributed by atoms with Crippen molar-refractivity contribution in [3.8, 4) is 0 Å². The first-order valence-corrected chi connectivity index (χ1v) is 8.82. The molecule has 0 saturated heterocycles. The van der Waals surface area contributed by atoms with Gasteiger partial charge in [0.1, 0.15) is 11.9 Å². The van der Waals surface area contributed by atoms with Crippen LogP contribution in [0.5, 0.6) is 0 Å². The minimum Gasteiger partial charge on any atom is -0.469 e. The van der Waals surface area contributed by atoms with Crippen molar-refractivity contribution in [2.45, 2.75) is 38.7 Å². The number of hydrogen-bond donors (Lipinski definition) is 1. The molecule has 26 heavy (non-hydrogen) atoms. The Morgan fingerprint density at radius 1 is 1.08 bits per heavy atom. The van der Waals surface area contributed by atoms with Crippen LogP contribution in [0.3, 0.4) is 0 Å². The Bertz CT molecular complexity index is 731. The number of ether oxygens (including phenoxy) is 2. The third-order valence-electron chi connectivity index (χ3n) is 4.41. The molecule has 140 valence electrons. The number of nitrogens with two attached hydrogens (primary N) is 1. The molecular formula is C21H26FNO3. The summed E-state index contributed by atoms with van der Waals surface area (Å²) >= 11 is 0. The molecule has 0 heterocycles. The van der Waals surface area contributed by atoms with Gasteiger partial charge in [-0.05, 0) is 60.2 Å². The molecule has 0 spiro atoms. The van der Waals surface area contributed by atoms with E-state index in [2.05, 4.69) is 0 Å². The maximum absolute atomic E-state index is 13.3. The zero-order valence-electron chi connectivity index (χ0n) is 15.5. The van der Waals surface area contributed by atoms with E-state index in [-0.39, 0.29) is 23.8 Å². The van der Waals surface area contributed by atoms with Gasteiger partial charge in [-0.15, -0.1) is 0 Å². The number of halogens is 1. The van der Waals surface area contributed by atoms with Gasteiger partial charge in [-0.3, -0.25) is 4.79 Å². The van der Waals surface area contributed by atoms with Crippen molar-refractivity contribution in [3.63, 3.8) is 0 Å². The Balaban J connectivity index is 2.41. The van der Waals surface area contributed by atoms with Gasteiger partial charge in [0.25, 0.3) is 0 Å². The van der Waals surface area contributed by atoms with Crippen LogP contribution < -0.4 is 5.73 Å². The van der Waals surface area contributed by atoms with E-state index in [1.54, 1.807) is 12.1 Å². The Morgan fingerprint density at radius 3 is 2.31 bits per heavy atom. The molecule has 2 aromatic rings. The molecule has 2 aromatic carbocycles. The zero-order chi connectivity index (χ0) is 19.1. The minimum absolute atomic E-state index is 0.0141. The first-order valence-electron chi connectivity index (χ1n) is 8.82. The second-order valence-corrected chi connectivity index (χ2v) is 6.21. The molecule has 0 saturated carbocycles. The topological polar surface area (TPSA) is 61.5 Å². The van der Waals surface area contributed by atoms with E-state index in [1.165, 1.54) is 19.2 Å². The van der Waals surface area contributed by atoms with Crippen molar-refractivity contribution in [2.75, 3.05) is 19.5 Å². The highest BCUT2D eigenvalue weighted by Crippen LogP contribution is 2.33. The molecule has 0 aliphatic heterocycles. The van der Waals surface area contributed by atoms with Crippen LogP contribution in [0.25, 0.3) is 0 Å². The van der Waals surface area contributed by atoms with Gasteiger partial charge in [0.15, 0.2) is 0 Å². The number of benzene rings is 2. The predicted octanol–water partition coefficient (Wildman–Crippen LogP) is 4.59. The standard InChI is InChI=1S/C21H26FNO3/c1-4-14(13-20(24)25-3)16-10-17(12-19(23)11-16)21(26-5-2)15-6-8-18(22)9-7-15/h6-12,14,21H,4-5,13,23H2,1-3H3. The molecule has 2 rings (SSSR count). The lowest BCUT2D eigenvalue weighted by atomic mass is 9.89. The fraction of sp³-hybridized carbons (Fsp3) is 0.381. The van der Waals surface area contributed by atoms with E-state index < -0.39 is 0 Å². The number of hydrogen-bond acceptors (Lipinski definition) is 4. The van der Waals surface area contributed by atoms with Crippen LogP contribution in [0, 0.1) is 5.82 Å². The van der Waals surface area contributed by atoms with Crippen LogP contribution in [0.15, 0.2) is 42.5 Å². The summed E-state index contributed by atoms with van der Waals surface area (Å²) < 4.78 is 24.0. The second-order valence-electron chi connectivity index (χ2n) is 6.21. The monoisotopic (exact) mass is 359 g/mol. The largest absolute Gasteiger partial charge is 0.469 e. The maximum atomic E-state index is 13.3. The van der Waals surface area contributed by atoms with E-state index in [4.69, 9.17) is 15.2 Å². The Kier molecular flexibility index (Phi) is 7.16. The van der Waals surface area contributed by atoms with Crippen molar-refractivity contribution in [2.24, 2.45) is 0 Å². The molecule has 0 radical (unpaired) electrons. The number of methoxy groups -OCH3 is 1. The van der Waals surface area contributed by atoms with Crippen molar-refractivity contribution >= 4 is 11.7 Å². The summed E-state index contributed by atoms with van der Waals surface area (Å²) in [5.41, 5.74) is 9.43. The SMILES string of the molecule is CCOC(c1ccc(F)cc1)c1cc(N)cc(C(CC)CC(=O)OC)c1. The highest BCUT2D eigenvalue weighted by Gasteiger charge is 2.20. The van der Waals surface area contributed by atoms with Crippen molar-refractivity contribution in [3.05, 3.63) is 65.0 Å². The van der Waals surface area contributed by atoms with Crippen molar-refractivity contribution in [1.82, 2.24) is 0 Å². The molecule has 0 amide bonds. The average molecular weight is 359 g/mol. The fourth-order valence-corrected chi connectivity index (χ4v) is 3.06. The van der Waals surface area contributed by atoms with Crippen LogP contribution in [0.4, 0.5) is 10.1 Å². The van der Waals surface area contributed by atoms with Gasteiger partial charge in [-0.1, -0.05) is 25.1 Å². The first-order chi connectivity index (χ1) is 12.5. The van der Waals surface area contributed by atoms with Gasteiger partial charge in [0.2, 0.25) is 0 Å². The molecule has 4 nitrogen and oxygen atoms in total. The van der Waals surface area contributed by atoms with E-state index >= 15 is 0 Å². The number of carbonyl (C=O) groups excluding carboxylic acids is 1. The highest BCUT2D eigenvalue weighted by atomic mass is 19.1. The van der Waals surface area contributed by atoms with E-state index in [0.717, 1.165) is 23.1 Å². The number of esters is 1. The molecule has 0 fully saturated rings. The number of nitrogen functional groups attached to an aromatic ring is 1.